The van der Waals surface area contributed by atoms with Crippen molar-refractivity contribution < 1.29 is 31.4 Å². The Morgan fingerprint density at radius 1 is 1.19 bits per heavy atom. The summed E-state index contributed by atoms with van der Waals surface area (Å²) in [7, 11) is -1.43. The van der Waals surface area contributed by atoms with Crippen molar-refractivity contribution in [3.05, 3.63) is 59.2 Å². The number of rotatable bonds is 9. The molecule has 0 aliphatic rings. The van der Waals surface area contributed by atoms with Gasteiger partial charge in [-0.25, -0.2) is 13.4 Å². The highest BCUT2D eigenvalue weighted by molar-refractivity contribution is 7.90. The Morgan fingerprint density at radius 2 is 1.81 bits per heavy atom. The van der Waals surface area contributed by atoms with E-state index >= 15 is 0 Å². The van der Waals surface area contributed by atoms with Crippen LogP contribution in [0.1, 0.15) is 23.6 Å². The van der Waals surface area contributed by atoms with Gasteiger partial charge in [0.2, 0.25) is 5.60 Å². The van der Waals surface area contributed by atoms with Crippen LogP contribution in [0.5, 0.6) is 5.75 Å². The highest BCUT2D eigenvalue weighted by atomic mass is 32.2. The highest BCUT2D eigenvalue weighted by Gasteiger charge is 2.58. The molecule has 0 heterocycles. The Balaban J connectivity index is 2.54. The van der Waals surface area contributed by atoms with Crippen molar-refractivity contribution in [2.24, 2.45) is 4.99 Å². The van der Waals surface area contributed by atoms with Crippen molar-refractivity contribution >= 4 is 21.9 Å². The molecule has 2 aromatic rings. The zero-order chi connectivity index (χ0) is 24.2. The van der Waals surface area contributed by atoms with Crippen molar-refractivity contribution in [1.29, 1.82) is 0 Å². The molecule has 0 bridgehead atoms. The third kappa shape index (κ3) is 6.01. The van der Waals surface area contributed by atoms with Gasteiger partial charge < -0.3 is 14.7 Å². The van der Waals surface area contributed by atoms with Gasteiger partial charge in [0.1, 0.15) is 5.75 Å². The highest BCUT2D eigenvalue weighted by Crippen LogP contribution is 2.45. The average Bonchev–Trinajstić information content (AvgIpc) is 2.71. The van der Waals surface area contributed by atoms with Crippen LogP contribution in [0.2, 0.25) is 0 Å². The summed E-state index contributed by atoms with van der Waals surface area (Å²) < 4.78 is 72.7. The molecule has 176 valence electrons. The van der Waals surface area contributed by atoms with E-state index in [0.717, 1.165) is 13.2 Å². The summed E-state index contributed by atoms with van der Waals surface area (Å²) in [6.45, 7) is 4.10. The molecule has 2 aromatic carbocycles. The molecule has 0 aliphatic carbocycles. The number of nitrogens with zero attached hydrogens (tertiary/aromatic N) is 2. The predicted octanol–water partition coefficient (Wildman–Crippen LogP) is 3.98. The number of hydrogen-bond donors (Lipinski definition) is 1. The number of benzene rings is 2. The second kappa shape index (κ2) is 9.91. The molecule has 6 nitrogen and oxygen atoms in total. The Kier molecular flexibility index (Phi) is 7.95. The maximum Gasteiger partial charge on any atom is 0.422 e. The van der Waals surface area contributed by atoms with Crippen LogP contribution < -0.4 is 4.74 Å². The smallest absolute Gasteiger partial charge is 0.422 e. The van der Waals surface area contributed by atoms with Gasteiger partial charge in [-0.05, 0) is 31.0 Å². The quantitative estimate of drug-likeness (QED) is 0.441. The van der Waals surface area contributed by atoms with E-state index in [1.807, 2.05) is 6.92 Å². The first-order valence-corrected chi connectivity index (χ1v) is 11.6. The summed E-state index contributed by atoms with van der Waals surface area (Å²) in [5.74, 6) is -2.49. The van der Waals surface area contributed by atoms with Crippen LogP contribution in [0.3, 0.4) is 0 Å². The van der Waals surface area contributed by atoms with Crippen molar-refractivity contribution in [2.45, 2.75) is 31.4 Å². The van der Waals surface area contributed by atoms with Crippen LogP contribution >= 0.6 is 0 Å². The van der Waals surface area contributed by atoms with Crippen molar-refractivity contribution in [2.75, 3.05) is 26.5 Å². The van der Waals surface area contributed by atoms with E-state index in [0.29, 0.717) is 23.4 Å². The number of alkyl halides is 3. The van der Waals surface area contributed by atoms with Gasteiger partial charge in [-0.3, -0.25) is 0 Å². The number of ether oxygens (including phenoxy) is 1. The number of methoxy groups -OCH3 is 1. The molecule has 32 heavy (non-hydrogen) atoms. The van der Waals surface area contributed by atoms with E-state index in [2.05, 4.69) is 4.99 Å². The minimum absolute atomic E-state index is 0.309. The molecule has 1 atom stereocenters. The van der Waals surface area contributed by atoms with Gasteiger partial charge in [-0.2, -0.15) is 13.2 Å². The normalized spacial score (nSPS) is 14.4. The van der Waals surface area contributed by atoms with Gasteiger partial charge >= 0.3 is 6.18 Å². The lowest BCUT2D eigenvalue weighted by molar-refractivity contribution is -0.257. The molecule has 0 spiro atoms. The van der Waals surface area contributed by atoms with Gasteiger partial charge in [0.05, 0.1) is 30.6 Å². The van der Waals surface area contributed by atoms with Crippen LogP contribution in [0.25, 0.3) is 0 Å². The average molecular weight is 473 g/mol. The lowest BCUT2D eigenvalue weighted by Crippen LogP contribution is -2.48. The predicted molar refractivity (Wildman–Crippen MR) is 118 cm³/mol. The van der Waals surface area contributed by atoms with E-state index in [1.165, 1.54) is 31.5 Å². The third-order valence-electron chi connectivity index (χ3n) is 4.98. The molecule has 1 N–H and O–H groups in total. The maximum absolute atomic E-state index is 14.1. The van der Waals surface area contributed by atoms with Crippen LogP contribution in [0, 0.1) is 6.92 Å². The summed E-state index contributed by atoms with van der Waals surface area (Å²) in [5.41, 5.74) is -3.36. The summed E-state index contributed by atoms with van der Waals surface area (Å²) in [4.78, 5) is 6.01. The fraction of sp³-hybridized carbons (Fsp3) is 0.409. The first kappa shape index (κ1) is 25.7. The Labute approximate surface area is 186 Å². The second-order valence-corrected chi connectivity index (χ2v) is 9.60. The second-order valence-electron chi connectivity index (χ2n) is 7.53. The first-order chi connectivity index (χ1) is 14.8. The lowest BCUT2D eigenvalue weighted by Gasteiger charge is -2.32. The molecule has 0 amide bonds. The molecule has 10 heteroatoms. The summed E-state index contributed by atoms with van der Waals surface area (Å²) >= 11 is 0. The summed E-state index contributed by atoms with van der Waals surface area (Å²) in [5, 5.41) is 10.8. The standard InChI is InChI=1S/C22H27F3N2O4S/c1-5-27(3)15-26-19-12-20(31-4)18(11-16(19)2)21(28,22(23,24)25)14-32(29,30)13-17-9-7-6-8-10-17/h6-12,15,28H,5,13-14H2,1-4H3. The lowest BCUT2D eigenvalue weighted by atomic mass is 9.92. The third-order valence-corrected chi connectivity index (χ3v) is 6.61. The van der Waals surface area contributed by atoms with E-state index in [9.17, 15) is 26.7 Å². The molecule has 0 aromatic heterocycles. The fourth-order valence-corrected chi connectivity index (χ4v) is 4.82. The Hall–Kier alpha value is -2.59. The van der Waals surface area contributed by atoms with E-state index in [4.69, 9.17) is 4.74 Å². The number of aliphatic imine (C=N–C) groups is 1. The van der Waals surface area contributed by atoms with Gasteiger partial charge in [0.15, 0.2) is 9.84 Å². The minimum atomic E-state index is -5.27. The number of aliphatic hydroxyl groups is 1. The molecule has 0 saturated carbocycles. The van der Waals surface area contributed by atoms with Gasteiger partial charge in [0, 0.05) is 25.2 Å². The van der Waals surface area contributed by atoms with Gasteiger partial charge in [-0.15, -0.1) is 0 Å². The van der Waals surface area contributed by atoms with Crippen LogP contribution in [-0.2, 0) is 21.2 Å². The molecule has 1 unspecified atom stereocenters. The number of aryl methyl sites for hydroxylation is 1. The van der Waals surface area contributed by atoms with E-state index in [1.54, 1.807) is 30.1 Å². The summed E-state index contributed by atoms with van der Waals surface area (Å²) in [6, 6.07) is 10.2. The zero-order valence-electron chi connectivity index (χ0n) is 18.3. The van der Waals surface area contributed by atoms with Crippen molar-refractivity contribution in [3.63, 3.8) is 0 Å². The van der Waals surface area contributed by atoms with Crippen LogP contribution in [0.15, 0.2) is 47.5 Å². The maximum atomic E-state index is 14.1. The number of hydrogen-bond acceptors (Lipinski definition) is 5. The van der Waals surface area contributed by atoms with Crippen LogP contribution in [0.4, 0.5) is 18.9 Å². The SMILES string of the molecule is CCN(C)C=Nc1cc(OC)c(C(O)(CS(=O)(=O)Cc2ccccc2)C(F)(F)F)cc1C. The fourth-order valence-electron chi connectivity index (χ4n) is 3.06. The molecule has 0 radical (unpaired) electrons. The topological polar surface area (TPSA) is 79.2 Å². The molecule has 0 fully saturated rings. The zero-order valence-corrected chi connectivity index (χ0v) is 19.2. The molecule has 0 aliphatic heterocycles. The molecule has 0 saturated heterocycles. The monoisotopic (exact) mass is 472 g/mol. The van der Waals surface area contributed by atoms with Gasteiger partial charge in [-0.1, -0.05) is 30.3 Å². The van der Waals surface area contributed by atoms with Gasteiger partial charge in [0.25, 0.3) is 0 Å². The van der Waals surface area contributed by atoms with E-state index in [-0.39, 0.29) is 5.75 Å². The molecule has 2 rings (SSSR count). The van der Waals surface area contributed by atoms with Crippen molar-refractivity contribution in [3.8, 4) is 5.75 Å². The van der Waals surface area contributed by atoms with E-state index < -0.39 is 38.7 Å². The largest absolute Gasteiger partial charge is 0.496 e. The number of halogens is 3. The van der Waals surface area contributed by atoms with Crippen LogP contribution in [-0.4, -0.2) is 57.4 Å². The Morgan fingerprint density at radius 3 is 2.34 bits per heavy atom. The first-order valence-electron chi connectivity index (χ1n) is 9.80. The summed E-state index contributed by atoms with van der Waals surface area (Å²) in [6.07, 6.45) is -3.76. The molecular formula is C22H27F3N2O4S. The minimum Gasteiger partial charge on any atom is -0.496 e. The Bertz CT molecular complexity index is 1060. The van der Waals surface area contributed by atoms with Crippen molar-refractivity contribution in [1.82, 2.24) is 4.90 Å². The number of sulfone groups is 1. The molecular weight excluding hydrogens is 445 g/mol.